The van der Waals surface area contributed by atoms with Crippen LogP contribution in [0.3, 0.4) is 0 Å². The van der Waals surface area contributed by atoms with E-state index in [2.05, 4.69) is 62.5 Å². The van der Waals surface area contributed by atoms with E-state index < -0.39 is 0 Å². The second-order valence-corrected chi connectivity index (χ2v) is 7.41. The molecule has 4 aliphatic carbocycles. The van der Waals surface area contributed by atoms with Crippen molar-refractivity contribution in [3.63, 3.8) is 0 Å². The molecule has 0 heterocycles. The molecule has 0 spiro atoms. The second kappa shape index (κ2) is 8.82. The number of rotatable bonds is 4. The van der Waals surface area contributed by atoms with E-state index >= 15 is 0 Å². The van der Waals surface area contributed by atoms with Crippen LogP contribution in [-0.4, -0.2) is 19.0 Å². The van der Waals surface area contributed by atoms with Crippen molar-refractivity contribution in [3.05, 3.63) is 48.6 Å². The highest BCUT2D eigenvalue weighted by molar-refractivity contribution is 5.18. The summed E-state index contributed by atoms with van der Waals surface area (Å²) in [7, 11) is 0. The lowest BCUT2D eigenvalue weighted by Gasteiger charge is -2.25. The zero-order valence-electron chi connectivity index (χ0n) is 15.1. The fraction of sp³-hybridized carbons (Fsp3) is 0.636. The molecule has 0 N–H and O–H groups in total. The lowest BCUT2D eigenvalue weighted by molar-refractivity contribution is -0.128. The molecule has 6 atom stereocenters. The van der Waals surface area contributed by atoms with Crippen LogP contribution in [0.4, 0.5) is 0 Å². The second-order valence-electron chi connectivity index (χ2n) is 7.41. The molecule has 0 aromatic carbocycles. The van der Waals surface area contributed by atoms with Crippen molar-refractivity contribution in [2.24, 2.45) is 23.7 Å². The first-order chi connectivity index (χ1) is 11.8. The first-order valence-corrected chi connectivity index (χ1v) is 9.76. The Labute approximate surface area is 147 Å². The standard InChI is InChI=1S/C19H24O2.C3H8/c1-3-7-16-14(5-1)9-11-18(16)20-13-21-19-12-10-15-6-2-4-8-17(15)19;1-3-2/h1-8,14-19H,9-13H2;3H2,1-2H3. The molecule has 4 rings (SSSR count). The SMILES string of the molecule is C1=CC2CCC(OCOC3CCC4C=CC=CC43)C2C=C1.CCC. The van der Waals surface area contributed by atoms with Gasteiger partial charge in [-0.2, -0.15) is 0 Å². The molecule has 0 aromatic heterocycles. The van der Waals surface area contributed by atoms with Crippen molar-refractivity contribution in [1.82, 2.24) is 0 Å². The van der Waals surface area contributed by atoms with E-state index in [0.717, 1.165) is 12.8 Å². The minimum atomic E-state index is 0.343. The molecule has 2 nitrogen and oxygen atoms in total. The summed E-state index contributed by atoms with van der Waals surface area (Å²) in [5.41, 5.74) is 0. The van der Waals surface area contributed by atoms with Crippen LogP contribution < -0.4 is 0 Å². The number of allylic oxidation sites excluding steroid dienone is 6. The van der Waals surface area contributed by atoms with E-state index in [0.29, 0.717) is 42.7 Å². The monoisotopic (exact) mass is 328 g/mol. The summed E-state index contributed by atoms with van der Waals surface area (Å²) < 4.78 is 12.1. The fourth-order valence-corrected chi connectivity index (χ4v) is 4.42. The average Bonchev–Trinajstić information content (AvgIpc) is 3.21. The van der Waals surface area contributed by atoms with Gasteiger partial charge >= 0.3 is 0 Å². The Bertz CT molecular complexity index is 458. The van der Waals surface area contributed by atoms with Crippen LogP contribution in [0, 0.1) is 23.7 Å². The molecule has 2 saturated carbocycles. The third-order valence-corrected chi connectivity index (χ3v) is 5.59. The molecular weight excluding hydrogens is 296 g/mol. The largest absolute Gasteiger partial charge is 0.352 e. The summed E-state index contributed by atoms with van der Waals surface area (Å²) in [6.07, 6.45) is 24.7. The summed E-state index contributed by atoms with van der Waals surface area (Å²) in [4.78, 5) is 0. The Hall–Kier alpha value is -1.12. The summed E-state index contributed by atoms with van der Waals surface area (Å²) in [5.74, 6) is 2.49. The molecule has 0 bridgehead atoms. The summed E-state index contributed by atoms with van der Waals surface area (Å²) >= 11 is 0. The van der Waals surface area contributed by atoms with Gasteiger partial charge in [-0.25, -0.2) is 0 Å². The summed E-state index contributed by atoms with van der Waals surface area (Å²) in [6, 6.07) is 0. The van der Waals surface area contributed by atoms with Crippen LogP contribution in [-0.2, 0) is 9.47 Å². The van der Waals surface area contributed by atoms with Gasteiger partial charge in [0.25, 0.3) is 0 Å². The first kappa shape index (κ1) is 17.7. The number of hydrogen-bond acceptors (Lipinski definition) is 2. The van der Waals surface area contributed by atoms with Crippen molar-refractivity contribution in [2.75, 3.05) is 6.79 Å². The van der Waals surface area contributed by atoms with Gasteiger partial charge in [-0.05, 0) is 37.5 Å². The number of fused-ring (bicyclic) bond motifs is 2. The van der Waals surface area contributed by atoms with E-state index in [9.17, 15) is 0 Å². The van der Waals surface area contributed by atoms with Crippen LogP contribution in [0.5, 0.6) is 0 Å². The number of ether oxygens (including phenoxy) is 2. The Morgan fingerprint density at radius 2 is 1.08 bits per heavy atom. The predicted octanol–water partition coefficient (Wildman–Crippen LogP) is 5.44. The normalized spacial score (nSPS) is 38.6. The highest BCUT2D eigenvalue weighted by atomic mass is 16.7. The van der Waals surface area contributed by atoms with Crippen molar-refractivity contribution in [1.29, 1.82) is 0 Å². The van der Waals surface area contributed by atoms with Gasteiger partial charge in [0.2, 0.25) is 0 Å². The molecule has 0 aliphatic heterocycles. The fourth-order valence-electron chi connectivity index (χ4n) is 4.42. The Morgan fingerprint density at radius 1 is 0.667 bits per heavy atom. The van der Waals surface area contributed by atoms with Crippen molar-refractivity contribution in [3.8, 4) is 0 Å². The van der Waals surface area contributed by atoms with Crippen LogP contribution in [0.15, 0.2) is 48.6 Å². The molecule has 0 saturated heterocycles. The van der Waals surface area contributed by atoms with Crippen LogP contribution in [0.2, 0.25) is 0 Å². The van der Waals surface area contributed by atoms with Crippen molar-refractivity contribution in [2.45, 2.75) is 58.2 Å². The van der Waals surface area contributed by atoms with Gasteiger partial charge in [-0.1, -0.05) is 68.9 Å². The zero-order chi connectivity index (χ0) is 16.8. The third-order valence-electron chi connectivity index (χ3n) is 5.59. The molecule has 24 heavy (non-hydrogen) atoms. The van der Waals surface area contributed by atoms with Gasteiger partial charge in [-0.15, -0.1) is 0 Å². The summed E-state index contributed by atoms with van der Waals surface area (Å²) in [5, 5.41) is 0. The van der Waals surface area contributed by atoms with Crippen LogP contribution >= 0.6 is 0 Å². The first-order valence-electron chi connectivity index (χ1n) is 9.76. The summed E-state index contributed by atoms with van der Waals surface area (Å²) in [6.45, 7) is 4.71. The predicted molar refractivity (Wildman–Crippen MR) is 99.6 cm³/mol. The Balaban J connectivity index is 0.000000526. The molecule has 0 aromatic rings. The molecular formula is C22H32O2. The van der Waals surface area contributed by atoms with Gasteiger partial charge in [0, 0.05) is 11.8 Å². The molecule has 6 unspecified atom stereocenters. The third kappa shape index (κ3) is 4.10. The lowest BCUT2D eigenvalue weighted by atomic mass is 9.91. The highest BCUT2D eigenvalue weighted by Gasteiger charge is 2.36. The maximum atomic E-state index is 6.06. The Kier molecular flexibility index (Phi) is 6.51. The molecule has 2 heteroatoms. The molecule has 132 valence electrons. The zero-order valence-corrected chi connectivity index (χ0v) is 15.1. The minimum absolute atomic E-state index is 0.343. The van der Waals surface area contributed by atoms with Crippen LogP contribution in [0.1, 0.15) is 46.0 Å². The van der Waals surface area contributed by atoms with Gasteiger partial charge in [-0.3, -0.25) is 0 Å². The van der Waals surface area contributed by atoms with E-state index in [4.69, 9.17) is 9.47 Å². The van der Waals surface area contributed by atoms with Gasteiger partial charge in [0.1, 0.15) is 6.79 Å². The maximum absolute atomic E-state index is 6.06. The average molecular weight is 328 g/mol. The van der Waals surface area contributed by atoms with Crippen molar-refractivity contribution < 1.29 is 9.47 Å². The topological polar surface area (TPSA) is 18.5 Å². The smallest absolute Gasteiger partial charge is 0.147 e. The van der Waals surface area contributed by atoms with E-state index in [1.807, 2.05) is 0 Å². The highest BCUT2D eigenvalue weighted by Crippen LogP contribution is 2.39. The van der Waals surface area contributed by atoms with Crippen molar-refractivity contribution >= 4 is 0 Å². The molecule has 2 fully saturated rings. The van der Waals surface area contributed by atoms with Gasteiger partial charge in [0.05, 0.1) is 12.2 Å². The Morgan fingerprint density at radius 3 is 1.54 bits per heavy atom. The van der Waals surface area contributed by atoms with Gasteiger partial charge in [0.15, 0.2) is 0 Å². The maximum Gasteiger partial charge on any atom is 0.147 e. The van der Waals surface area contributed by atoms with E-state index in [-0.39, 0.29) is 0 Å². The van der Waals surface area contributed by atoms with E-state index in [1.54, 1.807) is 0 Å². The quantitative estimate of drug-likeness (QED) is 0.640. The molecule has 4 aliphatic rings. The van der Waals surface area contributed by atoms with Crippen LogP contribution in [0.25, 0.3) is 0 Å². The van der Waals surface area contributed by atoms with E-state index in [1.165, 1.54) is 19.3 Å². The number of hydrogen-bond donors (Lipinski definition) is 0. The van der Waals surface area contributed by atoms with Gasteiger partial charge < -0.3 is 9.47 Å². The lowest BCUT2D eigenvalue weighted by Crippen LogP contribution is -2.26. The molecule has 0 radical (unpaired) electrons. The molecule has 0 amide bonds. The minimum Gasteiger partial charge on any atom is -0.352 e.